The third-order valence-corrected chi connectivity index (χ3v) is 4.23. The van der Waals surface area contributed by atoms with Crippen LogP contribution >= 0.6 is 0 Å². The number of rotatable bonds is 1. The van der Waals surface area contributed by atoms with E-state index in [1.54, 1.807) is 0 Å². The molecule has 1 fully saturated rings. The second-order valence-electron chi connectivity index (χ2n) is 6.39. The molecular weight excluding hydrogens is 222 g/mol. The fourth-order valence-electron chi connectivity index (χ4n) is 2.95. The summed E-state index contributed by atoms with van der Waals surface area (Å²) in [6, 6.07) is 10.4. The van der Waals surface area contributed by atoms with Gasteiger partial charge in [-0.05, 0) is 36.2 Å². The van der Waals surface area contributed by atoms with Gasteiger partial charge in [-0.25, -0.2) is 0 Å². The third kappa shape index (κ3) is 2.74. The van der Waals surface area contributed by atoms with E-state index in [9.17, 15) is 5.21 Å². The maximum Gasteiger partial charge on any atom is 0.0645 e. The summed E-state index contributed by atoms with van der Waals surface area (Å²) in [6.45, 7) is 6.92. The zero-order valence-corrected chi connectivity index (χ0v) is 11.6. The van der Waals surface area contributed by atoms with E-state index in [-0.39, 0.29) is 5.92 Å². The number of nitrogens with zero attached hydrogens (tertiary/aromatic N) is 1. The largest absolute Gasteiger partial charge is 0.411 e. The van der Waals surface area contributed by atoms with E-state index >= 15 is 0 Å². The van der Waals surface area contributed by atoms with Crippen LogP contribution < -0.4 is 0 Å². The first-order chi connectivity index (χ1) is 8.52. The summed E-state index contributed by atoms with van der Waals surface area (Å²) in [7, 11) is 0. The van der Waals surface area contributed by atoms with E-state index in [0.29, 0.717) is 11.3 Å². The van der Waals surface area contributed by atoms with Gasteiger partial charge in [-0.3, -0.25) is 0 Å². The van der Waals surface area contributed by atoms with Crippen LogP contribution in [0.3, 0.4) is 0 Å². The standard InChI is InChI=1S/C16H23NO/c1-16(2,3)13-9-10-15(17-18)14(11-13)12-7-5-4-6-8-12/h4-8,13-14,18H,9-11H2,1-3H3/b17-15+/t13-,14-/m1/s1. The quantitative estimate of drug-likeness (QED) is 0.575. The molecular formula is C16H23NO. The molecule has 2 nitrogen and oxygen atoms in total. The van der Waals surface area contributed by atoms with Crippen LogP contribution in [0.4, 0.5) is 0 Å². The molecule has 0 unspecified atom stereocenters. The molecule has 1 N–H and O–H groups in total. The predicted molar refractivity (Wildman–Crippen MR) is 75.2 cm³/mol. The second kappa shape index (κ2) is 5.13. The molecule has 0 amide bonds. The summed E-state index contributed by atoms with van der Waals surface area (Å²) in [6.07, 6.45) is 3.14. The maximum atomic E-state index is 9.20. The SMILES string of the molecule is CC(C)(C)[C@@H]1CC/C(=N\O)[C@@H](c2ccccc2)C1. The van der Waals surface area contributed by atoms with Crippen LogP contribution in [0.2, 0.25) is 0 Å². The van der Waals surface area contributed by atoms with Gasteiger partial charge in [0.15, 0.2) is 0 Å². The predicted octanol–water partition coefficient (Wildman–Crippen LogP) is 4.45. The summed E-state index contributed by atoms with van der Waals surface area (Å²) < 4.78 is 0. The fourth-order valence-corrected chi connectivity index (χ4v) is 2.95. The first kappa shape index (κ1) is 13.1. The molecule has 0 aromatic heterocycles. The Balaban J connectivity index is 2.25. The Kier molecular flexibility index (Phi) is 3.74. The molecule has 0 radical (unpaired) electrons. The van der Waals surface area contributed by atoms with Crippen LogP contribution in [0.15, 0.2) is 35.5 Å². The van der Waals surface area contributed by atoms with Crippen LogP contribution in [0.25, 0.3) is 0 Å². The zero-order valence-electron chi connectivity index (χ0n) is 11.6. The number of oxime groups is 1. The monoisotopic (exact) mass is 245 g/mol. The molecule has 98 valence electrons. The minimum atomic E-state index is 0.286. The van der Waals surface area contributed by atoms with Gasteiger partial charge in [0.05, 0.1) is 5.71 Å². The van der Waals surface area contributed by atoms with Crippen LogP contribution in [0.1, 0.15) is 51.5 Å². The number of hydrogen-bond donors (Lipinski definition) is 1. The van der Waals surface area contributed by atoms with Crippen molar-refractivity contribution in [1.29, 1.82) is 0 Å². The lowest BCUT2D eigenvalue weighted by Crippen LogP contribution is -2.31. The van der Waals surface area contributed by atoms with Gasteiger partial charge in [-0.2, -0.15) is 0 Å². The molecule has 1 aliphatic carbocycles. The van der Waals surface area contributed by atoms with Crippen LogP contribution in [-0.2, 0) is 0 Å². The topological polar surface area (TPSA) is 32.6 Å². The summed E-state index contributed by atoms with van der Waals surface area (Å²) >= 11 is 0. The van der Waals surface area contributed by atoms with Crippen molar-refractivity contribution < 1.29 is 5.21 Å². The van der Waals surface area contributed by atoms with E-state index in [4.69, 9.17) is 0 Å². The lowest BCUT2D eigenvalue weighted by atomic mass is 9.67. The van der Waals surface area contributed by atoms with Crippen LogP contribution in [0, 0.1) is 11.3 Å². The fraction of sp³-hybridized carbons (Fsp3) is 0.562. The van der Waals surface area contributed by atoms with Crippen molar-refractivity contribution in [3.63, 3.8) is 0 Å². The molecule has 1 aromatic rings. The van der Waals surface area contributed by atoms with Gasteiger partial charge in [-0.1, -0.05) is 56.3 Å². The maximum absolute atomic E-state index is 9.20. The molecule has 2 atom stereocenters. The van der Waals surface area contributed by atoms with Crippen molar-refractivity contribution >= 4 is 5.71 Å². The first-order valence-corrected chi connectivity index (χ1v) is 6.78. The Morgan fingerprint density at radius 2 is 1.83 bits per heavy atom. The molecule has 2 rings (SSSR count). The van der Waals surface area contributed by atoms with E-state index in [1.807, 2.05) is 6.07 Å². The average Bonchev–Trinajstić information content (AvgIpc) is 2.38. The molecule has 1 aromatic carbocycles. The Labute approximate surface area is 110 Å². The lowest BCUT2D eigenvalue weighted by molar-refractivity contribution is 0.197. The van der Waals surface area contributed by atoms with Crippen molar-refractivity contribution in [3.8, 4) is 0 Å². The van der Waals surface area contributed by atoms with Gasteiger partial charge in [0.1, 0.15) is 0 Å². The third-order valence-electron chi connectivity index (χ3n) is 4.23. The normalized spacial score (nSPS) is 27.4. The van der Waals surface area contributed by atoms with Gasteiger partial charge < -0.3 is 5.21 Å². The lowest BCUT2D eigenvalue weighted by Gasteiger charge is -2.38. The summed E-state index contributed by atoms with van der Waals surface area (Å²) in [4.78, 5) is 0. The Morgan fingerprint density at radius 3 is 2.39 bits per heavy atom. The molecule has 0 heterocycles. The van der Waals surface area contributed by atoms with Crippen LogP contribution in [0.5, 0.6) is 0 Å². The Morgan fingerprint density at radius 1 is 1.17 bits per heavy atom. The van der Waals surface area contributed by atoms with Gasteiger partial charge in [-0.15, -0.1) is 0 Å². The zero-order chi connectivity index (χ0) is 13.2. The Bertz CT molecular complexity index is 416. The summed E-state index contributed by atoms with van der Waals surface area (Å²) in [5.74, 6) is 0.974. The highest BCUT2D eigenvalue weighted by Gasteiger charge is 2.34. The van der Waals surface area contributed by atoms with E-state index in [0.717, 1.165) is 25.0 Å². The van der Waals surface area contributed by atoms with Crippen molar-refractivity contribution in [2.75, 3.05) is 0 Å². The highest BCUT2D eigenvalue weighted by molar-refractivity contribution is 5.91. The minimum Gasteiger partial charge on any atom is -0.411 e. The van der Waals surface area contributed by atoms with Crippen molar-refractivity contribution in [3.05, 3.63) is 35.9 Å². The molecule has 1 aliphatic rings. The van der Waals surface area contributed by atoms with Crippen molar-refractivity contribution in [1.82, 2.24) is 0 Å². The number of hydrogen-bond acceptors (Lipinski definition) is 2. The van der Waals surface area contributed by atoms with Crippen molar-refractivity contribution in [2.24, 2.45) is 16.5 Å². The second-order valence-corrected chi connectivity index (χ2v) is 6.39. The highest BCUT2D eigenvalue weighted by atomic mass is 16.4. The molecule has 18 heavy (non-hydrogen) atoms. The molecule has 0 aliphatic heterocycles. The van der Waals surface area contributed by atoms with Crippen molar-refractivity contribution in [2.45, 2.75) is 46.0 Å². The van der Waals surface area contributed by atoms with E-state index in [1.165, 1.54) is 5.56 Å². The van der Waals surface area contributed by atoms with E-state index < -0.39 is 0 Å². The molecule has 0 bridgehead atoms. The molecule has 2 heteroatoms. The van der Waals surface area contributed by atoms with Crippen LogP contribution in [-0.4, -0.2) is 10.9 Å². The van der Waals surface area contributed by atoms with Gasteiger partial charge in [0, 0.05) is 5.92 Å². The smallest absolute Gasteiger partial charge is 0.0645 e. The number of benzene rings is 1. The van der Waals surface area contributed by atoms with Gasteiger partial charge in [0.2, 0.25) is 0 Å². The summed E-state index contributed by atoms with van der Waals surface area (Å²) in [5, 5.41) is 12.7. The van der Waals surface area contributed by atoms with Gasteiger partial charge >= 0.3 is 0 Å². The summed E-state index contributed by atoms with van der Waals surface area (Å²) in [5.41, 5.74) is 2.55. The Hall–Kier alpha value is -1.31. The highest BCUT2D eigenvalue weighted by Crippen LogP contribution is 2.42. The van der Waals surface area contributed by atoms with Gasteiger partial charge in [0.25, 0.3) is 0 Å². The first-order valence-electron chi connectivity index (χ1n) is 6.78. The molecule has 0 saturated heterocycles. The molecule has 0 spiro atoms. The minimum absolute atomic E-state index is 0.286. The molecule has 1 saturated carbocycles. The van der Waals surface area contributed by atoms with E-state index in [2.05, 4.69) is 50.2 Å². The average molecular weight is 245 g/mol.